The maximum absolute atomic E-state index is 13.2. The lowest BCUT2D eigenvalue weighted by atomic mass is 10.0. The fourth-order valence-electron chi connectivity index (χ4n) is 4.29. The van der Waals surface area contributed by atoms with Crippen molar-refractivity contribution in [3.63, 3.8) is 0 Å². The normalized spacial score (nSPS) is 14.3. The van der Waals surface area contributed by atoms with Crippen LogP contribution in [0.5, 0.6) is 0 Å². The van der Waals surface area contributed by atoms with Crippen molar-refractivity contribution in [1.29, 1.82) is 0 Å². The first-order valence-corrected chi connectivity index (χ1v) is 12.1. The number of nitrogens with one attached hydrogen (secondary N) is 3. The van der Waals surface area contributed by atoms with Crippen LogP contribution < -0.4 is 10.6 Å². The van der Waals surface area contributed by atoms with Gasteiger partial charge in [0.05, 0.1) is 16.7 Å². The average molecular weight is 496 g/mol. The first kappa shape index (κ1) is 25.2. The molecule has 0 saturated carbocycles. The second-order valence-corrected chi connectivity index (χ2v) is 9.97. The lowest BCUT2D eigenvalue weighted by Gasteiger charge is -2.29. The number of rotatable bonds is 6. The third-order valence-corrected chi connectivity index (χ3v) is 6.02. The maximum Gasteiger partial charge on any atom is 0.407 e. The molecule has 0 bridgehead atoms. The van der Waals surface area contributed by atoms with E-state index in [2.05, 4.69) is 25.7 Å². The molecule has 0 radical (unpaired) electrons. The molecular weight excluding hydrogens is 462 g/mol. The number of carbonyl (C=O) groups excluding carboxylic acids is 3. The molecule has 11 nitrogen and oxygen atoms in total. The van der Waals surface area contributed by atoms with E-state index in [1.807, 2.05) is 31.2 Å². The number of aromatic nitrogens is 4. The Morgan fingerprint density at radius 1 is 1.22 bits per heavy atom. The van der Waals surface area contributed by atoms with Crippen LogP contribution in [0.1, 0.15) is 62.3 Å². The van der Waals surface area contributed by atoms with E-state index in [0.29, 0.717) is 31.0 Å². The fraction of sp³-hybridized carbons (Fsp3) is 0.480. The summed E-state index contributed by atoms with van der Waals surface area (Å²) in [6.45, 7) is 8.05. The van der Waals surface area contributed by atoms with Crippen LogP contribution in [0.4, 0.5) is 10.7 Å². The summed E-state index contributed by atoms with van der Waals surface area (Å²) in [6, 6.07) is 7.16. The van der Waals surface area contributed by atoms with E-state index in [-0.39, 0.29) is 30.8 Å². The molecule has 4 rings (SSSR count). The van der Waals surface area contributed by atoms with E-state index in [1.165, 1.54) is 0 Å². The fourth-order valence-corrected chi connectivity index (χ4v) is 4.29. The largest absolute Gasteiger partial charge is 0.444 e. The minimum Gasteiger partial charge on any atom is -0.444 e. The molecule has 1 aliphatic heterocycles. The van der Waals surface area contributed by atoms with E-state index >= 15 is 0 Å². The van der Waals surface area contributed by atoms with Crippen LogP contribution in [0.3, 0.4) is 0 Å². The van der Waals surface area contributed by atoms with Gasteiger partial charge in [0, 0.05) is 44.6 Å². The number of hydrogen-bond donors (Lipinski definition) is 3. The van der Waals surface area contributed by atoms with Crippen molar-refractivity contribution in [3.05, 3.63) is 41.2 Å². The lowest BCUT2D eigenvalue weighted by molar-refractivity contribution is -0.132. The average Bonchev–Trinajstić information content (AvgIpc) is 3.35. The van der Waals surface area contributed by atoms with Gasteiger partial charge in [-0.25, -0.2) is 9.78 Å². The molecule has 3 aromatic rings. The molecule has 1 aromatic carbocycles. The van der Waals surface area contributed by atoms with Gasteiger partial charge in [0.1, 0.15) is 11.3 Å². The summed E-state index contributed by atoms with van der Waals surface area (Å²) in [5, 5.41) is 10.1. The quantitative estimate of drug-likeness (QED) is 0.481. The zero-order valence-electron chi connectivity index (χ0n) is 21.3. The Labute approximate surface area is 209 Å². The highest BCUT2D eigenvalue weighted by Gasteiger charge is 2.31. The van der Waals surface area contributed by atoms with E-state index < -0.39 is 11.7 Å². The third kappa shape index (κ3) is 5.67. The molecule has 1 atom stereocenters. The predicted octanol–water partition coefficient (Wildman–Crippen LogP) is 3.13. The second kappa shape index (κ2) is 10.00. The van der Waals surface area contributed by atoms with Gasteiger partial charge in [-0.1, -0.05) is 19.1 Å². The molecular formula is C25H33N7O4. The number of anilines is 1. The minimum atomic E-state index is -0.616. The first-order chi connectivity index (χ1) is 17.0. The number of ether oxygens (including phenoxy) is 1. The van der Waals surface area contributed by atoms with Gasteiger partial charge >= 0.3 is 6.09 Å². The molecule has 2 aromatic heterocycles. The molecule has 36 heavy (non-hydrogen) atoms. The zero-order chi connectivity index (χ0) is 26.0. The van der Waals surface area contributed by atoms with Crippen LogP contribution in [0.2, 0.25) is 0 Å². The number of aromatic amines is 1. The van der Waals surface area contributed by atoms with Gasteiger partial charge in [0.25, 0.3) is 5.91 Å². The molecule has 192 valence electrons. The van der Waals surface area contributed by atoms with Crippen LogP contribution in [0.15, 0.2) is 24.3 Å². The Morgan fingerprint density at radius 3 is 2.67 bits per heavy atom. The third-order valence-electron chi connectivity index (χ3n) is 6.02. The van der Waals surface area contributed by atoms with Gasteiger partial charge in [-0.3, -0.25) is 19.6 Å². The van der Waals surface area contributed by atoms with Crippen molar-refractivity contribution in [2.24, 2.45) is 7.05 Å². The van der Waals surface area contributed by atoms with Crippen LogP contribution in [-0.2, 0) is 29.5 Å². The van der Waals surface area contributed by atoms with E-state index in [9.17, 15) is 14.4 Å². The number of amides is 3. The number of fused-ring (bicyclic) bond motifs is 2. The summed E-state index contributed by atoms with van der Waals surface area (Å²) >= 11 is 0. The van der Waals surface area contributed by atoms with Crippen molar-refractivity contribution in [3.8, 4) is 0 Å². The molecule has 3 N–H and O–H groups in total. The number of imidazole rings is 1. The number of H-pyrrole nitrogens is 1. The highest BCUT2D eigenvalue weighted by atomic mass is 16.6. The summed E-state index contributed by atoms with van der Waals surface area (Å²) in [7, 11) is 1.72. The van der Waals surface area contributed by atoms with Crippen molar-refractivity contribution in [2.45, 2.75) is 65.1 Å². The monoisotopic (exact) mass is 495 g/mol. The lowest BCUT2D eigenvalue weighted by Crippen LogP contribution is -2.43. The molecule has 0 spiro atoms. The van der Waals surface area contributed by atoms with E-state index in [0.717, 1.165) is 22.3 Å². The molecule has 0 fully saturated rings. The summed E-state index contributed by atoms with van der Waals surface area (Å²) in [6.07, 6.45) is 0.733. The number of benzene rings is 1. The Hall–Kier alpha value is -3.89. The van der Waals surface area contributed by atoms with Crippen LogP contribution in [-0.4, -0.2) is 60.7 Å². The number of aryl methyl sites for hydroxylation is 1. The van der Waals surface area contributed by atoms with Crippen molar-refractivity contribution < 1.29 is 19.1 Å². The molecule has 1 unspecified atom stereocenters. The van der Waals surface area contributed by atoms with Crippen LogP contribution in [0, 0.1) is 0 Å². The summed E-state index contributed by atoms with van der Waals surface area (Å²) in [5.41, 5.74) is 2.87. The van der Waals surface area contributed by atoms with Crippen molar-refractivity contribution in [1.82, 2.24) is 30.0 Å². The van der Waals surface area contributed by atoms with E-state index in [1.54, 1.807) is 37.4 Å². The molecule has 0 aliphatic carbocycles. The predicted molar refractivity (Wildman–Crippen MR) is 134 cm³/mol. The molecule has 1 aliphatic rings. The Kier molecular flexibility index (Phi) is 7.00. The molecule has 3 heterocycles. The zero-order valence-corrected chi connectivity index (χ0v) is 21.3. The van der Waals surface area contributed by atoms with Gasteiger partial charge < -0.3 is 19.9 Å². The topological polar surface area (TPSA) is 134 Å². The SMILES string of the molecule is CCC(CC(=O)N1CCc2nn(C)c(C(=O)Nc3nc4ccccc4[nH]3)c2C1)NC(=O)OC(C)(C)C. The smallest absolute Gasteiger partial charge is 0.407 e. The molecule has 3 amide bonds. The summed E-state index contributed by atoms with van der Waals surface area (Å²) in [4.78, 5) is 47.7. The number of hydrogen-bond acceptors (Lipinski definition) is 6. The van der Waals surface area contributed by atoms with Gasteiger partial charge in [-0.05, 0) is 39.3 Å². The standard InChI is InChI=1S/C25H33N7O4/c1-6-15(26-24(35)36-25(2,3)4)13-20(33)32-12-11-17-16(14-32)21(31(5)30-17)22(34)29-23-27-18-9-7-8-10-19(18)28-23/h7-10,15H,6,11-14H2,1-5H3,(H,26,35)(H2,27,28,29,34). The number of nitrogens with zero attached hydrogens (tertiary/aromatic N) is 4. The Morgan fingerprint density at radius 2 is 1.97 bits per heavy atom. The Bertz CT molecular complexity index is 1250. The number of para-hydroxylation sites is 2. The highest BCUT2D eigenvalue weighted by molar-refractivity contribution is 6.04. The van der Waals surface area contributed by atoms with Crippen LogP contribution in [0.25, 0.3) is 11.0 Å². The van der Waals surface area contributed by atoms with Crippen molar-refractivity contribution >= 4 is 34.9 Å². The maximum atomic E-state index is 13.2. The summed E-state index contributed by atoms with van der Waals surface area (Å²) in [5.74, 6) is -0.104. The minimum absolute atomic E-state index is 0.101. The molecule has 11 heteroatoms. The second-order valence-electron chi connectivity index (χ2n) is 9.97. The number of alkyl carbamates (subject to hydrolysis) is 1. The van der Waals surface area contributed by atoms with E-state index in [4.69, 9.17) is 4.74 Å². The number of carbonyl (C=O) groups is 3. The van der Waals surface area contributed by atoms with Gasteiger partial charge in [0.2, 0.25) is 11.9 Å². The van der Waals surface area contributed by atoms with Gasteiger partial charge in [-0.2, -0.15) is 5.10 Å². The van der Waals surface area contributed by atoms with Gasteiger partial charge in [-0.15, -0.1) is 0 Å². The van der Waals surface area contributed by atoms with Crippen molar-refractivity contribution in [2.75, 3.05) is 11.9 Å². The van der Waals surface area contributed by atoms with Gasteiger partial charge in [0.15, 0.2) is 0 Å². The Balaban J connectivity index is 1.44. The summed E-state index contributed by atoms with van der Waals surface area (Å²) < 4.78 is 6.87. The first-order valence-electron chi connectivity index (χ1n) is 12.1. The highest BCUT2D eigenvalue weighted by Crippen LogP contribution is 2.24. The van der Waals surface area contributed by atoms with Crippen LogP contribution >= 0.6 is 0 Å². The molecule has 0 saturated heterocycles.